The second kappa shape index (κ2) is 10.9. The van der Waals surface area contributed by atoms with Crippen LogP contribution in [0.5, 0.6) is 0 Å². The Balaban J connectivity index is 2.19. The minimum atomic E-state index is -0.801. The Hall–Kier alpha value is -0.823. The van der Waals surface area contributed by atoms with Crippen molar-refractivity contribution >= 4 is 9.76 Å². The zero-order chi connectivity index (χ0) is 17.2. The van der Waals surface area contributed by atoms with Gasteiger partial charge < -0.3 is 13.9 Å². The van der Waals surface area contributed by atoms with Gasteiger partial charge in [-0.05, 0) is 64.3 Å². The molecule has 2 radical (unpaired) electrons. The molecule has 6 heteroatoms. The average Bonchev–Trinajstić information content (AvgIpc) is 2.45. The van der Waals surface area contributed by atoms with Gasteiger partial charge in [0.05, 0.1) is 12.2 Å². The van der Waals surface area contributed by atoms with E-state index in [1.54, 1.807) is 6.07 Å². The Morgan fingerprint density at radius 1 is 0.957 bits per heavy atom. The van der Waals surface area contributed by atoms with Gasteiger partial charge in [0, 0.05) is 0 Å². The number of hydrogen-bond acceptors (Lipinski definition) is 3. The third kappa shape index (κ3) is 9.15. The third-order valence-electron chi connectivity index (χ3n) is 2.92. The van der Waals surface area contributed by atoms with Crippen molar-refractivity contribution in [1.29, 1.82) is 0 Å². The third-order valence-corrected chi connectivity index (χ3v) is 3.84. The molecule has 0 aromatic heterocycles. The predicted molar refractivity (Wildman–Crippen MR) is 87.2 cm³/mol. The Morgan fingerprint density at radius 3 is 2.17 bits per heavy atom. The fourth-order valence-electron chi connectivity index (χ4n) is 1.88. The van der Waals surface area contributed by atoms with Crippen LogP contribution < -0.4 is 0 Å². The summed E-state index contributed by atoms with van der Waals surface area (Å²) in [5.74, 6) is -1.59. The smallest absolute Gasteiger partial charge is 0.262 e. The van der Waals surface area contributed by atoms with Crippen molar-refractivity contribution in [2.24, 2.45) is 0 Å². The van der Waals surface area contributed by atoms with E-state index in [9.17, 15) is 8.78 Å². The molecule has 0 bridgehead atoms. The lowest BCUT2D eigenvalue weighted by Crippen LogP contribution is -2.28. The Bertz CT molecular complexity index is 445. The second-order valence-corrected chi connectivity index (χ2v) is 6.90. The number of rotatable bonds is 11. The lowest BCUT2D eigenvalue weighted by atomic mass is 10.1. The quantitative estimate of drug-likeness (QED) is 0.337. The van der Waals surface area contributed by atoms with Crippen LogP contribution in [0, 0.1) is 11.6 Å². The molecule has 0 unspecified atom stereocenters. The van der Waals surface area contributed by atoms with Crippen LogP contribution in [-0.2, 0) is 20.3 Å². The summed E-state index contributed by atoms with van der Waals surface area (Å²) in [4.78, 5) is 0. The molecule has 0 aliphatic carbocycles. The molecule has 0 spiro atoms. The van der Waals surface area contributed by atoms with Gasteiger partial charge in [-0.15, -0.1) is 0 Å². The second-order valence-electron chi connectivity index (χ2n) is 5.88. The van der Waals surface area contributed by atoms with E-state index in [1.807, 2.05) is 27.7 Å². The highest BCUT2D eigenvalue weighted by Crippen LogP contribution is 2.12. The van der Waals surface area contributed by atoms with E-state index in [1.165, 1.54) is 12.1 Å². The summed E-state index contributed by atoms with van der Waals surface area (Å²) in [6.45, 7) is 7.12. The van der Waals surface area contributed by atoms with Gasteiger partial charge >= 0.3 is 0 Å². The number of halogens is 2. The molecule has 0 N–H and O–H groups in total. The van der Waals surface area contributed by atoms with Crippen molar-refractivity contribution in [3.05, 3.63) is 35.4 Å². The SMILES string of the molecule is CC(C)OC(O[Si]CCCCc1ccc(F)c(F)c1)OC(C)C. The van der Waals surface area contributed by atoms with E-state index < -0.39 is 18.1 Å². The maximum absolute atomic E-state index is 13.1. The molecule has 1 rings (SSSR count). The monoisotopic (exact) mass is 344 g/mol. The molecule has 0 aliphatic rings. The molecule has 0 atom stereocenters. The van der Waals surface area contributed by atoms with Crippen molar-refractivity contribution in [1.82, 2.24) is 0 Å². The van der Waals surface area contributed by atoms with Gasteiger partial charge in [-0.3, -0.25) is 0 Å². The molecule has 0 saturated heterocycles. The molecular formula is C17H26F2O3Si. The molecule has 0 saturated carbocycles. The van der Waals surface area contributed by atoms with E-state index >= 15 is 0 Å². The summed E-state index contributed by atoms with van der Waals surface area (Å²) in [6.07, 6.45) is 2.67. The maximum Gasteiger partial charge on any atom is 0.262 e. The van der Waals surface area contributed by atoms with Crippen molar-refractivity contribution in [3.8, 4) is 0 Å². The Labute approximate surface area is 140 Å². The van der Waals surface area contributed by atoms with Crippen molar-refractivity contribution in [2.75, 3.05) is 0 Å². The number of benzene rings is 1. The zero-order valence-corrected chi connectivity index (χ0v) is 15.3. The molecule has 0 heterocycles. The van der Waals surface area contributed by atoms with E-state index in [0.717, 1.165) is 30.9 Å². The van der Waals surface area contributed by atoms with Crippen LogP contribution in [0.3, 0.4) is 0 Å². The number of hydrogen-bond donors (Lipinski definition) is 0. The fraction of sp³-hybridized carbons (Fsp3) is 0.647. The van der Waals surface area contributed by atoms with Crippen molar-refractivity contribution in [2.45, 2.75) is 71.7 Å². The molecule has 130 valence electrons. The van der Waals surface area contributed by atoms with Crippen LogP contribution in [0.15, 0.2) is 18.2 Å². The molecule has 0 amide bonds. The van der Waals surface area contributed by atoms with Crippen LogP contribution in [0.25, 0.3) is 0 Å². The summed E-state index contributed by atoms with van der Waals surface area (Å²) < 4.78 is 42.6. The first-order chi connectivity index (χ1) is 10.9. The van der Waals surface area contributed by atoms with Gasteiger partial charge in [0.1, 0.15) is 0 Å². The summed E-state index contributed by atoms with van der Waals surface area (Å²) in [6, 6.07) is 4.95. The van der Waals surface area contributed by atoms with Crippen molar-refractivity contribution in [3.63, 3.8) is 0 Å². The minimum absolute atomic E-state index is 0.0388. The normalized spacial score (nSPS) is 11.9. The zero-order valence-electron chi connectivity index (χ0n) is 14.3. The highest BCUT2D eigenvalue weighted by atomic mass is 28.2. The summed E-state index contributed by atoms with van der Waals surface area (Å²) in [5, 5.41) is 0. The van der Waals surface area contributed by atoms with E-state index in [4.69, 9.17) is 13.9 Å². The van der Waals surface area contributed by atoms with Crippen LogP contribution in [0.2, 0.25) is 6.04 Å². The van der Waals surface area contributed by atoms with Gasteiger partial charge in [0.15, 0.2) is 11.6 Å². The number of ether oxygens (including phenoxy) is 2. The average molecular weight is 344 g/mol. The summed E-state index contributed by atoms with van der Waals surface area (Å²) in [7, 11) is 0.291. The van der Waals surface area contributed by atoms with E-state index in [0.29, 0.717) is 9.76 Å². The standard InChI is InChI=1S/C17H26F2O3Si/c1-12(2)20-17(21-13(3)4)22-23-10-6-5-7-14-8-9-15(18)16(19)11-14/h8-9,11-13,17H,5-7,10H2,1-4H3. The molecule has 3 nitrogen and oxygen atoms in total. The lowest BCUT2D eigenvalue weighted by Gasteiger charge is -2.22. The van der Waals surface area contributed by atoms with Gasteiger partial charge in [-0.2, -0.15) is 0 Å². The minimum Gasteiger partial charge on any atom is -0.372 e. The lowest BCUT2D eigenvalue weighted by molar-refractivity contribution is -0.275. The molecule has 0 fully saturated rings. The number of aryl methyl sites for hydroxylation is 1. The Kier molecular flexibility index (Phi) is 9.55. The first-order valence-electron chi connectivity index (χ1n) is 8.02. The van der Waals surface area contributed by atoms with Crippen LogP contribution in [0.1, 0.15) is 46.1 Å². The van der Waals surface area contributed by atoms with E-state index in [-0.39, 0.29) is 12.2 Å². The highest BCUT2D eigenvalue weighted by Gasteiger charge is 2.14. The van der Waals surface area contributed by atoms with E-state index in [2.05, 4.69) is 0 Å². The predicted octanol–water partition coefficient (Wildman–Crippen LogP) is 4.48. The van der Waals surface area contributed by atoms with Crippen LogP contribution in [0.4, 0.5) is 8.78 Å². The van der Waals surface area contributed by atoms with Crippen molar-refractivity contribution < 1.29 is 22.7 Å². The Morgan fingerprint density at radius 2 is 1.61 bits per heavy atom. The van der Waals surface area contributed by atoms with Crippen LogP contribution in [-0.4, -0.2) is 28.4 Å². The van der Waals surface area contributed by atoms with Crippen LogP contribution >= 0.6 is 0 Å². The van der Waals surface area contributed by atoms with Gasteiger partial charge in [0.2, 0.25) is 9.76 Å². The first kappa shape index (κ1) is 20.2. The highest BCUT2D eigenvalue weighted by molar-refractivity contribution is 6.27. The first-order valence-corrected chi connectivity index (χ1v) is 9.13. The number of unbranched alkanes of at least 4 members (excludes halogenated alkanes) is 1. The largest absolute Gasteiger partial charge is 0.372 e. The maximum atomic E-state index is 13.1. The summed E-state index contributed by atoms with van der Waals surface area (Å²) >= 11 is 0. The molecule has 1 aromatic rings. The molecular weight excluding hydrogens is 318 g/mol. The van der Waals surface area contributed by atoms with Gasteiger partial charge in [0.25, 0.3) is 6.48 Å². The fourth-order valence-corrected chi connectivity index (χ4v) is 2.64. The topological polar surface area (TPSA) is 27.7 Å². The van der Waals surface area contributed by atoms with Gasteiger partial charge in [-0.25, -0.2) is 8.78 Å². The molecule has 1 aromatic carbocycles. The summed E-state index contributed by atoms with van der Waals surface area (Å²) in [5.41, 5.74) is 0.817. The molecule has 0 aliphatic heterocycles. The van der Waals surface area contributed by atoms with Gasteiger partial charge in [-0.1, -0.05) is 12.5 Å². The molecule has 23 heavy (non-hydrogen) atoms.